The van der Waals surface area contributed by atoms with Crippen LogP contribution in [0.4, 0.5) is 0 Å². The van der Waals surface area contributed by atoms with E-state index in [0.29, 0.717) is 31.1 Å². The molecule has 0 aliphatic rings. The Labute approximate surface area is 154 Å². The van der Waals surface area contributed by atoms with Crippen LogP contribution in [0.1, 0.15) is 33.9 Å². The van der Waals surface area contributed by atoms with Crippen molar-refractivity contribution in [2.45, 2.75) is 40.8 Å². The van der Waals surface area contributed by atoms with E-state index in [1.54, 1.807) is 13.8 Å². The van der Waals surface area contributed by atoms with Crippen molar-refractivity contribution in [3.05, 3.63) is 46.0 Å². The van der Waals surface area contributed by atoms with Gasteiger partial charge in [0.15, 0.2) is 0 Å². The minimum absolute atomic E-state index is 0. The fourth-order valence-electron chi connectivity index (χ4n) is 2.56. The maximum absolute atomic E-state index is 9.99. The van der Waals surface area contributed by atoms with Gasteiger partial charge in [0.1, 0.15) is 11.5 Å². The fourth-order valence-corrected chi connectivity index (χ4v) is 2.56. The Morgan fingerprint density at radius 1 is 0.792 bits per heavy atom. The summed E-state index contributed by atoms with van der Waals surface area (Å²) in [5.41, 5.74) is 4.71. The smallest absolute Gasteiger partial charge is 0.141 e. The minimum Gasteiger partial charge on any atom is -0.506 e. The van der Waals surface area contributed by atoms with E-state index < -0.39 is 0 Å². The third-order valence-corrected chi connectivity index (χ3v) is 3.63. The summed E-state index contributed by atoms with van der Waals surface area (Å²) in [6.45, 7) is 9.05. The van der Waals surface area contributed by atoms with Crippen molar-refractivity contribution in [3.8, 4) is 11.5 Å². The van der Waals surface area contributed by atoms with Gasteiger partial charge in [-0.25, -0.2) is 0 Å². The summed E-state index contributed by atoms with van der Waals surface area (Å²) in [6.07, 6.45) is 0. The molecule has 1 radical (unpaired) electrons. The van der Waals surface area contributed by atoms with Crippen LogP contribution in [0.5, 0.6) is 11.5 Å². The first-order valence-corrected chi connectivity index (χ1v) is 7.62. The Balaban J connectivity index is 0.00000288. The van der Waals surface area contributed by atoms with Crippen LogP contribution >= 0.6 is 0 Å². The average molecular weight is 367 g/mol. The zero-order valence-electron chi connectivity index (χ0n) is 14.5. The van der Waals surface area contributed by atoms with E-state index in [1.807, 2.05) is 26.0 Å². The second-order valence-electron chi connectivity index (χ2n) is 5.74. The first kappa shape index (κ1) is 20.4. The van der Waals surface area contributed by atoms with Gasteiger partial charge in [0.05, 0.1) is 11.4 Å². The number of pyridine rings is 2. The molecular formula is C17H24N4O2V. The summed E-state index contributed by atoms with van der Waals surface area (Å²) in [4.78, 5) is 8.43. The zero-order valence-corrected chi connectivity index (χ0v) is 15.9. The molecule has 6 nitrogen and oxygen atoms in total. The van der Waals surface area contributed by atoms with Gasteiger partial charge in [-0.15, -0.1) is 0 Å². The van der Waals surface area contributed by atoms with E-state index in [9.17, 15) is 10.2 Å². The molecule has 129 valence electrons. The van der Waals surface area contributed by atoms with Crippen LogP contribution < -0.4 is 10.6 Å². The van der Waals surface area contributed by atoms with Crippen LogP contribution in [0.2, 0.25) is 0 Å². The summed E-state index contributed by atoms with van der Waals surface area (Å²) in [5.74, 6) is 0.474. The Kier molecular flexibility index (Phi) is 7.70. The van der Waals surface area contributed by atoms with Crippen LogP contribution in [-0.4, -0.2) is 26.8 Å². The topological polar surface area (TPSA) is 90.3 Å². The van der Waals surface area contributed by atoms with Gasteiger partial charge in [-0.1, -0.05) is 0 Å². The zero-order chi connectivity index (χ0) is 17.0. The van der Waals surface area contributed by atoms with Gasteiger partial charge < -0.3 is 20.8 Å². The molecule has 2 aromatic heterocycles. The van der Waals surface area contributed by atoms with E-state index in [2.05, 4.69) is 20.6 Å². The summed E-state index contributed by atoms with van der Waals surface area (Å²) in [6, 6.07) is 3.74. The van der Waals surface area contributed by atoms with Crippen molar-refractivity contribution in [2.75, 3.05) is 6.67 Å². The number of rotatable bonds is 6. The summed E-state index contributed by atoms with van der Waals surface area (Å²) in [5, 5.41) is 26.4. The molecule has 24 heavy (non-hydrogen) atoms. The van der Waals surface area contributed by atoms with Crippen molar-refractivity contribution in [2.24, 2.45) is 0 Å². The van der Waals surface area contributed by atoms with Crippen LogP contribution in [-0.2, 0) is 31.6 Å². The Hall–Kier alpha value is -1.60. The molecule has 0 aliphatic carbocycles. The average Bonchev–Trinajstić information content (AvgIpc) is 2.48. The first-order chi connectivity index (χ1) is 10.9. The molecule has 2 aromatic rings. The van der Waals surface area contributed by atoms with E-state index in [1.165, 1.54) is 0 Å². The van der Waals surface area contributed by atoms with Gasteiger partial charge in [-0.05, 0) is 39.8 Å². The Morgan fingerprint density at radius 2 is 1.17 bits per heavy atom. The second kappa shape index (κ2) is 9.04. The maximum atomic E-state index is 9.99. The number of aromatic hydroxyl groups is 2. The van der Waals surface area contributed by atoms with E-state index in [4.69, 9.17) is 0 Å². The molecule has 0 atom stereocenters. The van der Waals surface area contributed by atoms with Gasteiger partial charge in [-0.3, -0.25) is 9.97 Å². The maximum Gasteiger partial charge on any atom is 0.141 e. The molecule has 0 spiro atoms. The molecule has 0 aromatic carbocycles. The number of aromatic nitrogens is 2. The Bertz CT molecular complexity index is 648. The molecular weight excluding hydrogens is 343 g/mol. The molecule has 0 saturated carbocycles. The molecule has 4 N–H and O–H groups in total. The van der Waals surface area contributed by atoms with Crippen molar-refractivity contribution in [3.63, 3.8) is 0 Å². The standard InChI is InChI=1S/C17H24N4O2.V/c1-10-5-14(16(22)12(3)20-10)7-18-9-19-8-15-6-11(2)21-13(4)17(15)23;/h5-6,18-19,22-23H,7-9H2,1-4H3;. The number of hydrogen-bond donors (Lipinski definition) is 4. The van der Waals surface area contributed by atoms with E-state index >= 15 is 0 Å². The van der Waals surface area contributed by atoms with Crippen LogP contribution in [0.15, 0.2) is 12.1 Å². The van der Waals surface area contributed by atoms with Crippen molar-refractivity contribution in [1.82, 2.24) is 20.6 Å². The van der Waals surface area contributed by atoms with Gasteiger partial charge >= 0.3 is 0 Å². The molecule has 0 amide bonds. The van der Waals surface area contributed by atoms with Crippen LogP contribution in [0.3, 0.4) is 0 Å². The molecule has 0 saturated heterocycles. The van der Waals surface area contributed by atoms with Gasteiger partial charge in [-0.2, -0.15) is 0 Å². The van der Waals surface area contributed by atoms with E-state index in [-0.39, 0.29) is 30.1 Å². The third-order valence-electron chi connectivity index (χ3n) is 3.63. The monoisotopic (exact) mass is 367 g/mol. The first-order valence-electron chi connectivity index (χ1n) is 7.62. The second-order valence-corrected chi connectivity index (χ2v) is 5.74. The number of nitrogens with zero attached hydrogens (tertiary/aromatic N) is 2. The molecule has 2 rings (SSSR count). The number of nitrogens with one attached hydrogen (secondary N) is 2. The normalized spacial score (nSPS) is 10.5. The molecule has 0 bridgehead atoms. The SMILES string of the molecule is Cc1cc(CNCNCc2cc(C)nc(C)c2O)c(O)c(C)n1.[V]. The quantitative estimate of drug-likeness (QED) is 0.461. The minimum atomic E-state index is 0. The largest absolute Gasteiger partial charge is 0.506 e. The predicted molar refractivity (Wildman–Crippen MR) is 89.3 cm³/mol. The molecule has 0 unspecified atom stereocenters. The van der Waals surface area contributed by atoms with Gasteiger partial charge in [0, 0.05) is 60.8 Å². The van der Waals surface area contributed by atoms with Crippen LogP contribution in [0.25, 0.3) is 0 Å². The van der Waals surface area contributed by atoms with Crippen molar-refractivity contribution >= 4 is 0 Å². The Morgan fingerprint density at radius 3 is 1.54 bits per heavy atom. The summed E-state index contributed by atoms with van der Waals surface area (Å²) >= 11 is 0. The van der Waals surface area contributed by atoms with Crippen LogP contribution in [0, 0.1) is 27.7 Å². The predicted octanol–water partition coefficient (Wildman–Crippen LogP) is 1.96. The van der Waals surface area contributed by atoms with Crippen molar-refractivity contribution in [1.29, 1.82) is 0 Å². The summed E-state index contributed by atoms with van der Waals surface area (Å²) < 4.78 is 0. The number of aryl methyl sites for hydroxylation is 4. The third kappa shape index (κ3) is 5.21. The fraction of sp³-hybridized carbons (Fsp3) is 0.412. The van der Waals surface area contributed by atoms with Gasteiger partial charge in [0.25, 0.3) is 0 Å². The van der Waals surface area contributed by atoms with Crippen molar-refractivity contribution < 1.29 is 28.8 Å². The molecule has 0 fully saturated rings. The van der Waals surface area contributed by atoms with Gasteiger partial charge in [0.2, 0.25) is 0 Å². The van der Waals surface area contributed by atoms with E-state index in [0.717, 1.165) is 22.5 Å². The summed E-state index contributed by atoms with van der Waals surface area (Å²) in [7, 11) is 0. The molecule has 2 heterocycles. The molecule has 0 aliphatic heterocycles. The number of hydrogen-bond acceptors (Lipinski definition) is 6. The molecule has 7 heteroatoms.